The number of hydrogen-bond donors (Lipinski definition) is 1. The standard InChI is InChI=1S/C13H15N3O2S/c1-3-18-10-4-5-11-12(8-10)19(9(2)15-11)16-13(17)6-7-14/h4-5,8-9,15H,3,6H2,1-2H3. The van der Waals surface area contributed by atoms with Crippen molar-refractivity contribution in [1.82, 2.24) is 0 Å². The van der Waals surface area contributed by atoms with Gasteiger partial charge >= 0.3 is 0 Å². The molecule has 100 valence electrons. The van der Waals surface area contributed by atoms with Gasteiger partial charge in [0.25, 0.3) is 5.91 Å². The average Bonchev–Trinajstić information content (AvgIpc) is 2.67. The summed E-state index contributed by atoms with van der Waals surface area (Å²) in [4.78, 5) is 12.5. The summed E-state index contributed by atoms with van der Waals surface area (Å²) in [5.41, 5.74) is 0.979. The van der Waals surface area contributed by atoms with Crippen molar-refractivity contribution >= 4 is 22.3 Å². The molecule has 0 bridgehead atoms. The summed E-state index contributed by atoms with van der Waals surface area (Å²) < 4.78 is 9.60. The number of benzene rings is 1. The fourth-order valence-corrected chi connectivity index (χ4v) is 3.60. The second-order valence-electron chi connectivity index (χ2n) is 4.01. The van der Waals surface area contributed by atoms with Crippen LogP contribution in [0.2, 0.25) is 0 Å². The normalized spacial score (nSPS) is 20.5. The van der Waals surface area contributed by atoms with Crippen LogP contribution in [0.4, 0.5) is 5.69 Å². The van der Waals surface area contributed by atoms with Gasteiger partial charge in [0.05, 0.1) is 23.7 Å². The van der Waals surface area contributed by atoms with Gasteiger partial charge in [-0.05, 0) is 42.7 Å². The van der Waals surface area contributed by atoms with Crippen LogP contribution >= 0.6 is 0 Å². The van der Waals surface area contributed by atoms with Crippen molar-refractivity contribution in [2.45, 2.75) is 30.5 Å². The van der Waals surface area contributed by atoms with Crippen LogP contribution in [0.3, 0.4) is 0 Å². The molecule has 0 saturated carbocycles. The Hall–Kier alpha value is -1.87. The maximum atomic E-state index is 11.5. The van der Waals surface area contributed by atoms with Crippen LogP contribution in [0.1, 0.15) is 20.3 Å². The lowest BCUT2D eigenvalue weighted by atomic mass is 10.3. The van der Waals surface area contributed by atoms with Crippen molar-refractivity contribution in [3.8, 4) is 11.8 Å². The van der Waals surface area contributed by atoms with Crippen LogP contribution in [0, 0.1) is 11.3 Å². The maximum absolute atomic E-state index is 11.5. The number of anilines is 1. The summed E-state index contributed by atoms with van der Waals surface area (Å²) >= 11 is 0. The third-order valence-electron chi connectivity index (χ3n) is 2.61. The number of carbonyl (C=O) groups is 1. The Kier molecular flexibility index (Phi) is 4.17. The number of nitriles is 1. The van der Waals surface area contributed by atoms with Crippen molar-refractivity contribution in [3.63, 3.8) is 0 Å². The van der Waals surface area contributed by atoms with Crippen molar-refractivity contribution in [2.75, 3.05) is 11.9 Å². The average molecular weight is 277 g/mol. The predicted octanol–water partition coefficient (Wildman–Crippen LogP) is 2.46. The van der Waals surface area contributed by atoms with Gasteiger partial charge in [0.2, 0.25) is 0 Å². The minimum atomic E-state index is -0.559. The Morgan fingerprint density at radius 1 is 1.63 bits per heavy atom. The molecule has 1 heterocycles. The maximum Gasteiger partial charge on any atom is 0.266 e. The number of nitrogens with one attached hydrogen (secondary N) is 1. The summed E-state index contributed by atoms with van der Waals surface area (Å²) in [6.45, 7) is 4.50. The van der Waals surface area contributed by atoms with Crippen LogP contribution in [-0.4, -0.2) is 17.9 Å². The summed E-state index contributed by atoms with van der Waals surface area (Å²) in [7, 11) is -0.559. The minimum absolute atomic E-state index is 0.0644. The summed E-state index contributed by atoms with van der Waals surface area (Å²) in [5.74, 6) is 0.409. The summed E-state index contributed by atoms with van der Waals surface area (Å²) in [6.07, 6.45) is -0.170. The highest BCUT2D eigenvalue weighted by Gasteiger charge is 2.24. The summed E-state index contributed by atoms with van der Waals surface area (Å²) in [5, 5.41) is 11.9. The molecule has 0 saturated heterocycles. The highest BCUT2D eigenvalue weighted by molar-refractivity contribution is 7.88. The van der Waals surface area contributed by atoms with Gasteiger partial charge in [0, 0.05) is 4.90 Å². The Bertz CT molecular complexity index is 578. The van der Waals surface area contributed by atoms with E-state index in [1.165, 1.54) is 0 Å². The van der Waals surface area contributed by atoms with Crippen LogP contribution in [-0.2, 0) is 15.5 Å². The van der Waals surface area contributed by atoms with E-state index in [1.54, 1.807) is 0 Å². The van der Waals surface area contributed by atoms with Crippen molar-refractivity contribution in [3.05, 3.63) is 18.2 Å². The molecule has 19 heavy (non-hydrogen) atoms. The molecule has 1 aromatic rings. The first-order valence-electron chi connectivity index (χ1n) is 6.03. The van der Waals surface area contributed by atoms with Gasteiger partial charge in [-0.2, -0.15) is 9.62 Å². The molecule has 1 aliphatic heterocycles. The van der Waals surface area contributed by atoms with Gasteiger partial charge in [-0.1, -0.05) is 0 Å². The zero-order valence-electron chi connectivity index (χ0n) is 10.8. The number of rotatable bonds is 3. The number of amides is 1. The largest absolute Gasteiger partial charge is 0.494 e. The van der Waals surface area contributed by atoms with Gasteiger partial charge in [-0.15, -0.1) is 0 Å². The second kappa shape index (κ2) is 5.85. The molecule has 5 nitrogen and oxygen atoms in total. The zero-order chi connectivity index (χ0) is 13.8. The van der Waals surface area contributed by atoms with Crippen LogP contribution in [0.15, 0.2) is 27.5 Å². The molecule has 2 unspecified atom stereocenters. The fourth-order valence-electron chi connectivity index (χ4n) is 1.85. The minimum Gasteiger partial charge on any atom is -0.494 e. The SMILES string of the molecule is CCOc1ccc2c(c1)S(=NC(=O)CC#N)C(C)N2. The molecule has 0 spiro atoms. The first kappa shape index (κ1) is 13.6. The Morgan fingerprint density at radius 2 is 2.42 bits per heavy atom. The molecule has 1 amide bonds. The molecule has 0 aromatic heterocycles. The zero-order valence-corrected chi connectivity index (χ0v) is 11.7. The van der Waals surface area contributed by atoms with Gasteiger partial charge < -0.3 is 10.1 Å². The molecule has 0 aliphatic carbocycles. The Morgan fingerprint density at radius 3 is 3.11 bits per heavy atom. The van der Waals surface area contributed by atoms with E-state index < -0.39 is 10.7 Å². The molecule has 2 atom stereocenters. The van der Waals surface area contributed by atoms with Crippen molar-refractivity contribution in [2.24, 2.45) is 4.36 Å². The summed E-state index contributed by atoms with van der Waals surface area (Å²) in [6, 6.07) is 7.58. The third kappa shape index (κ3) is 2.93. The quantitative estimate of drug-likeness (QED) is 0.921. The molecule has 0 fully saturated rings. The van der Waals surface area contributed by atoms with Gasteiger partial charge in [0.15, 0.2) is 0 Å². The molecule has 2 rings (SSSR count). The molecule has 0 radical (unpaired) electrons. The number of fused-ring (bicyclic) bond motifs is 1. The molecular weight excluding hydrogens is 262 g/mol. The van der Waals surface area contributed by atoms with Crippen LogP contribution < -0.4 is 10.1 Å². The molecule has 1 aliphatic rings. The number of hydrogen-bond acceptors (Lipinski definition) is 4. The second-order valence-corrected chi connectivity index (χ2v) is 5.97. The van der Waals surface area contributed by atoms with Gasteiger partial charge in [0.1, 0.15) is 12.2 Å². The molecule has 1 aromatic carbocycles. The molecule has 1 N–H and O–H groups in total. The van der Waals surface area contributed by atoms with Gasteiger partial charge in [-0.3, -0.25) is 4.79 Å². The lowest BCUT2D eigenvalue weighted by molar-refractivity contribution is -0.116. The van der Waals surface area contributed by atoms with E-state index in [0.29, 0.717) is 6.61 Å². The molecule has 6 heteroatoms. The third-order valence-corrected chi connectivity index (χ3v) is 4.59. The first-order valence-corrected chi connectivity index (χ1v) is 7.28. The van der Waals surface area contributed by atoms with Crippen LogP contribution in [0.5, 0.6) is 5.75 Å². The van der Waals surface area contributed by atoms with Crippen LogP contribution in [0.25, 0.3) is 0 Å². The van der Waals surface area contributed by atoms with E-state index in [2.05, 4.69) is 9.68 Å². The van der Waals surface area contributed by atoms with Crippen molar-refractivity contribution < 1.29 is 9.53 Å². The first-order chi connectivity index (χ1) is 9.15. The topological polar surface area (TPSA) is 74.5 Å². The van der Waals surface area contributed by atoms with E-state index >= 15 is 0 Å². The molecular formula is C13H15N3O2S. The van der Waals surface area contributed by atoms with E-state index in [1.807, 2.05) is 38.1 Å². The lowest BCUT2D eigenvalue weighted by Gasteiger charge is -2.06. The van der Waals surface area contributed by atoms with Crippen molar-refractivity contribution in [1.29, 1.82) is 5.26 Å². The van der Waals surface area contributed by atoms with E-state index in [0.717, 1.165) is 16.3 Å². The van der Waals surface area contributed by atoms with Gasteiger partial charge in [-0.25, -0.2) is 0 Å². The predicted molar refractivity (Wildman–Crippen MR) is 74.0 cm³/mol. The smallest absolute Gasteiger partial charge is 0.266 e. The lowest BCUT2D eigenvalue weighted by Crippen LogP contribution is -2.13. The highest BCUT2D eigenvalue weighted by atomic mass is 32.2. The monoisotopic (exact) mass is 277 g/mol. The highest BCUT2D eigenvalue weighted by Crippen LogP contribution is 2.34. The fraction of sp³-hybridized carbons (Fsp3) is 0.385. The van der Waals surface area contributed by atoms with E-state index in [4.69, 9.17) is 10.00 Å². The number of nitrogens with zero attached hydrogens (tertiary/aromatic N) is 2. The number of ether oxygens (including phenoxy) is 1. The van der Waals surface area contributed by atoms with E-state index in [9.17, 15) is 4.79 Å². The Labute approximate surface area is 114 Å². The van der Waals surface area contributed by atoms with E-state index in [-0.39, 0.29) is 17.7 Å². The number of carbonyl (C=O) groups excluding carboxylic acids is 1. The Balaban J connectivity index is 2.36.